The molecule has 1 heterocycles. The van der Waals surface area contributed by atoms with Crippen LogP contribution in [-0.4, -0.2) is 76.5 Å². The van der Waals surface area contributed by atoms with Crippen molar-refractivity contribution in [1.29, 1.82) is 0 Å². The van der Waals surface area contributed by atoms with Crippen molar-refractivity contribution in [3.05, 3.63) is 60.2 Å². The number of para-hydroxylation sites is 1. The number of rotatable bonds is 10. The summed E-state index contributed by atoms with van der Waals surface area (Å²) in [5, 5.41) is 0. The fourth-order valence-corrected chi connectivity index (χ4v) is 5.01. The molecular formula is C24H34N4O3S. The summed E-state index contributed by atoms with van der Waals surface area (Å²) >= 11 is 0. The van der Waals surface area contributed by atoms with Gasteiger partial charge in [0.1, 0.15) is 0 Å². The molecule has 1 aliphatic rings. The predicted octanol–water partition coefficient (Wildman–Crippen LogP) is 2.66. The molecule has 0 bridgehead atoms. The van der Waals surface area contributed by atoms with Gasteiger partial charge in [-0.05, 0) is 63.2 Å². The summed E-state index contributed by atoms with van der Waals surface area (Å²) in [6, 6.07) is 16.6. The first-order valence-electron chi connectivity index (χ1n) is 11.4. The van der Waals surface area contributed by atoms with E-state index in [1.807, 2.05) is 19.9 Å². The van der Waals surface area contributed by atoms with Gasteiger partial charge in [0, 0.05) is 57.1 Å². The molecule has 174 valence electrons. The largest absolute Gasteiger partial charge is 0.369 e. The average Bonchev–Trinajstić information content (AvgIpc) is 2.83. The summed E-state index contributed by atoms with van der Waals surface area (Å²) in [5.41, 5.74) is 1.76. The van der Waals surface area contributed by atoms with Crippen molar-refractivity contribution in [3.63, 3.8) is 0 Å². The number of nitrogens with zero attached hydrogens (tertiary/aromatic N) is 3. The fourth-order valence-electron chi connectivity index (χ4n) is 3.93. The van der Waals surface area contributed by atoms with Gasteiger partial charge in [-0.2, -0.15) is 0 Å². The molecule has 0 unspecified atom stereocenters. The van der Waals surface area contributed by atoms with E-state index in [2.05, 4.69) is 38.8 Å². The van der Waals surface area contributed by atoms with Crippen molar-refractivity contribution >= 4 is 21.6 Å². The van der Waals surface area contributed by atoms with Crippen LogP contribution in [0.1, 0.15) is 30.6 Å². The lowest BCUT2D eigenvalue weighted by molar-refractivity contribution is 0.0773. The number of anilines is 1. The van der Waals surface area contributed by atoms with Gasteiger partial charge < -0.3 is 9.80 Å². The maximum absolute atomic E-state index is 12.6. The average molecular weight is 459 g/mol. The lowest BCUT2D eigenvalue weighted by Gasteiger charge is -2.36. The molecule has 0 radical (unpaired) electrons. The summed E-state index contributed by atoms with van der Waals surface area (Å²) < 4.78 is 27.9. The molecule has 0 atom stereocenters. The number of nitrogens with one attached hydrogen (secondary N) is 1. The van der Waals surface area contributed by atoms with Gasteiger partial charge in [-0.3, -0.25) is 9.69 Å². The first-order chi connectivity index (χ1) is 15.4. The first kappa shape index (κ1) is 24.2. The molecule has 2 aromatic carbocycles. The molecule has 2 aromatic rings. The van der Waals surface area contributed by atoms with Crippen molar-refractivity contribution in [1.82, 2.24) is 14.5 Å². The van der Waals surface area contributed by atoms with Crippen molar-refractivity contribution in [2.24, 2.45) is 0 Å². The number of carbonyl (C=O) groups is 1. The van der Waals surface area contributed by atoms with Crippen LogP contribution in [0.5, 0.6) is 0 Å². The Labute approximate surface area is 192 Å². The van der Waals surface area contributed by atoms with E-state index >= 15 is 0 Å². The summed E-state index contributed by atoms with van der Waals surface area (Å²) in [7, 11) is -3.58. The summed E-state index contributed by atoms with van der Waals surface area (Å²) in [6.07, 6.45) is 0.753. The van der Waals surface area contributed by atoms with E-state index in [4.69, 9.17) is 0 Å². The number of piperazine rings is 1. The molecular weight excluding hydrogens is 424 g/mol. The highest BCUT2D eigenvalue weighted by Gasteiger charge is 2.18. The van der Waals surface area contributed by atoms with Gasteiger partial charge in [-0.25, -0.2) is 13.1 Å². The molecule has 1 amide bonds. The Balaban J connectivity index is 1.42. The molecule has 7 nitrogen and oxygen atoms in total. The Morgan fingerprint density at radius 3 is 2.16 bits per heavy atom. The fraction of sp³-hybridized carbons (Fsp3) is 0.458. The van der Waals surface area contributed by atoms with Crippen molar-refractivity contribution < 1.29 is 13.2 Å². The molecule has 0 aromatic heterocycles. The van der Waals surface area contributed by atoms with E-state index < -0.39 is 10.0 Å². The molecule has 1 fully saturated rings. The molecule has 32 heavy (non-hydrogen) atoms. The van der Waals surface area contributed by atoms with E-state index in [0.717, 1.165) is 39.1 Å². The van der Waals surface area contributed by atoms with Crippen molar-refractivity contribution in [2.45, 2.75) is 25.2 Å². The topological polar surface area (TPSA) is 73.0 Å². The molecule has 0 aliphatic carbocycles. The summed E-state index contributed by atoms with van der Waals surface area (Å²) in [4.78, 5) is 19.0. The Hall–Kier alpha value is -2.42. The standard InChI is InChI=1S/C24H34N4O3S/c1-3-27(4-2)24(29)21-11-13-23(14-12-21)32(30,31)25-15-8-16-26-17-19-28(20-18-26)22-9-6-5-7-10-22/h5-7,9-14,25H,3-4,8,15-20H2,1-2H3. The zero-order valence-electron chi connectivity index (χ0n) is 19.0. The number of benzene rings is 2. The molecule has 1 aliphatic heterocycles. The van der Waals surface area contributed by atoms with Gasteiger partial charge in [-0.15, -0.1) is 0 Å². The number of hydrogen-bond acceptors (Lipinski definition) is 5. The highest BCUT2D eigenvalue weighted by atomic mass is 32.2. The van der Waals surface area contributed by atoms with Gasteiger partial charge in [0.05, 0.1) is 4.90 Å². The van der Waals surface area contributed by atoms with Crippen LogP contribution >= 0.6 is 0 Å². The van der Waals surface area contributed by atoms with E-state index in [1.165, 1.54) is 17.8 Å². The van der Waals surface area contributed by atoms with E-state index in [1.54, 1.807) is 17.0 Å². The number of carbonyl (C=O) groups excluding carboxylic acids is 1. The van der Waals surface area contributed by atoms with Crippen molar-refractivity contribution in [2.75, 3.05) is 57.3 Å². The van der Waals surface area contributed by atoms with Crippen LogP contribution in [-0.2, 0) is 10.0 Å². The molecule has 0 saturated carbocycles. The van der Waals surface area contributed by atoms with Crippen LogP contribution in [0.2, 0.25) is 0 Å². The highest BCUT2D eigenvalue weighted by Crippen LogP contribution is 2.16. The first-order valence-corrected chi connectivity index (χ1v) is 12.8. The molecule has 3 rings (SSSR count). The van der Waals surface area contributed by atoms with Crippen LogP contribution in [0.25, 0.3) is 0 Å². The van der Waals surface area contributed by atoms with E-state index in [-0.39, 0.29) is 10.8 Å². The second-order valence-corrected chi connectivity index (χ2v) is 9.68. The SMILES string of the molecule is CCN(CC)C(=O)c1ccc(S(=O)(=O)NCCCN2CCN(c3ccccc3)CC2)cc1. The molecule has 0 spiro atoms. The highest BCUT2D eigenvalue weighted by molar-refractivity contribution is 7.89. The molecule has 1 saturated heterocycles. The van der Waals surface area contributed by atoms with Gasteiger partial charge >= 0.3 is 0 Å². The number of hydrogen-bond donors (Lipinski definition) is 1. The molecule has 8 heteroatoms. The third kappa shape index (κ3) is 6.31. The van der Waals surface area contributed by atoms with Gasteiger partial charge in [0.15, 0.2) is 0 Å². The van der Waals surface area contributed by atoms with Crippen molar-refractivity contribution in [3.8, 4) is 0 Å². The Kier molecular flexibility index (Phi) is 8.67. The second-order valence-electron chi connectivity index (χ2n) is 7.92. The van der Waals surface area contributed by atoms with E-state index in [0.29, 0.717) is 25.2 Å². The summed E-state index contributed by atoms with van der Waals surface area (Å²) in [6.45, 7) is 10.3. The van der Waals surface area contributed by atoms with Crippen LogP contribution < -0.4 is 9.62 Å². The van der Waals surface area contributed by atoms with Crippen LogP contribution in [0.15, 0.2) is 59.5 Å². The van der Waals surface area contributed by atoms with Crippen LogP contribution in [0, 0.1) is 0 Å². The van der Waals surface area contributed by atoms with Crippen LogP contribution in [0.4, 0.5) is 5.69 Å². The van der Waals surface area contributed by atoms with Gasteiger partial charge in [-0.1, -0.05) is 18.2 Å². The monoisotopic (exact) mass is 458 g/mol. The Bertz CT molecular complexity index is 952. The predicted molar refractivity (Wildman–Crippen MR) is 129 cm³/mol. The van der Waals surface area contributed by atoms with Gasteiger partial charge in [0.2, 0.25) is 10.0 Å². The molecule has 1 N–H and O–H groups in total. The van der Waals surface area contributed by atoms with E-state index in [9.17, 15) is 13.2 Å². The quantitative estimate of drug-likeness (QED) is 0.554. The second kappa shape index (κ2) is 11.4. The van der Waals surface area contributed by atoms with Gasteiger partial charge in [0.25, 0.3) is 5.91 Å². The number of amides is 1. The zero-order chi connectivity index (χ0) is 23.0. The zero-order valence-corrected chi connectivity index (χ0v) is 19.9. The minimum absolute atomic E-state index is 0.0840. The van der Waals surface area contributed by atoms with Crippen LogP contribution in [0.3, 0.4) is 0 Å². The normalized spacial score (nSPS) is 15.0. The minimum Gasteiger partial charge on any atom is -0.369 e. The lowest BCUT2D eigenvalue weighted by Crippen LogP contribution is -2.47. The maximum atomic E-state index is 12.6. The maximum Gasteiger partial charge on any atom is 0.253 e. The Morgan fingerprint density at radius 1 is 0.938 bits per heavy atom. The third-order valence-corrected chi connectivity index (χ3v) is 7.38. The Morgan fingerprint density at radius 2 is 1.56 bits per heavy atom. The number of sulfonamides is 1. The minimum atomic E-state index is -3.58. The lowest BCUT2D eigenvalue weighted by atomic mass is 10.2. The summed E-state index contributed by atoms with van der Waals surface area (Å²) in [5.74, 6) is -0.0840. The third-order valence-electron chi connectivity index (χ3n) is 5.90. The smallest absolute Gasteiger partial charge is 0.253 e.